The van der Waals surface area contributed by atoms with E-state index < -0.39 is 83.1 Å². The molecule has 4 aromatic rings. The molecule has 368 valence electrons. The van der Waals surface area contributed by atoms with E-state index >= 15 is 0 Å². The second-order valence-corrected chi connectivity index (χ2v) is 27.1. The summed E-state index contributed by atoms with van der Waals surface area (Å²) < 4.78 is 106. The SMILES string of the molecule is O=P(O)(O)C(O)P(=O)(O)Oc1ccccc1.O=P(O)(O)C(O)P(=O)(O)Oc1ccccc1.O=P(O)(O)C(O)P(=O)(O)Oc1ccccc1.O=P(O)(O)C(O)P(=O)(O)Oc1ccccc1.[H-].[H-].[H-].[H-].[Na+].[Na+].[Na+].[Na+]. The summed E-state index contributed by atoms with van der Waals surface area (Å²) in [5.74, 6) is -0.275. The minimum atomic E-state index is -5.10. The van der Waals surface area contributed by atoms with E-state index in [1.54, 1.807) is 24.3 Å². The predicted octanol–water partition coefficient (Wildman–Crippen LogP) is -8.72. The maximum Gasteiger partial charge on any atom is 1.00 e. The van der Waals surface area contributed by atoms with Gasteiger partial charge in [-0.25, -0.2) is 18.3 Å². The third-order valence-electron chi connectivity index (χ3n) is 6.29. The maximum atomic E-state index is 11.3. The van der Waals surface area contributed by atoms with Crippen LogP contribution in [0.4, 0.5) is 0 Å². The predicted molar refractivity (Wildman–Crippen MR) is 224 cm³/mol. The van der Waals surface area contributed by atoms with Gasteiger partial charge in [-0.15, -0.1) is 0 Å². The molecule has 0 fully saturated rings. The molecular formula is C28H44Na4O28P8. The third kappa shape index (κ3) is 28.8. The fourth-order valence-corrected chi connectivity index (χ4v) is 12.2. The van der Waals surface area contributed by atoms with Crippen LogP contribution in [0.2, 0.25) is 0 Å². The number of hydrogen-bond donors (Lipinski definition) is 16. The van der Waals surface area contributed by atoms with Crippen LogP contribution < -0.4 is 136 Å². The Kier molecular flexibility index (Phi) is 36.4. The van der Waals surface area contributed by atoms with Crippen molar-refractivity contribution in [1.29, 1.82) is 0 Å². The van der Waals surface area contributed by atoms with Gasteiger partial charge in [0.1, 0.15) is 23.0 Å². The van der Waals surface area contributed by atoms with E-state index in [0.29, 0.717) is 0 Å². The molecule has 0 saturated carbocycles. The van der Waals surface area contributed by atoms with Crippen LogP contribution in [0, 0.1) is 0 Å². The van der Waals surface area contributed by atoms with Crippen molar-refractivity contribution >= 4 is 60.8 Å². The summed E-state index contributed by atoms with van der Waals surface area (Å²) in [6.07, 6.45) is 0. The van der Waals surface area contributed by atoms with Crippen LogP contribution in [0.5, 0.6) is 23.0 Å². The maximum absolute atomic E-state index is 11.3. The molecule has 40 heteroatoms. The van der Waals surface area contributed by atoms with Gasteiger partial charge in [-0.1, -0.05) is 72.8 Å². The molecule has 28 nitrogen and oxygen atoms in total. The Bertz CT molecular complexity index is 2140. The van der Waals surface area contributed by atoms with E-state index in [2.05, 4.69) is 18.1 Å². The van der Waals surface area contributed by atoms with E-state index in [1.165, 1.54) is 97.1 Å². The minimum Gasteiger partial charge on any atom is -1.00 e. The quantitative estimate of drug-likeness (QED) is 0.0366. The zero-order valence-electron chi connectivity index (χ0n) is 39.5. The van der Waals surface area contributed by atoms with E-state index in [4.69, 9.17) is 79.1 Å². The summed E-state index contributed by atoms with van der Waals surface area (Å²) in [7, 11) is -39.7. The number of aliphatic hydroxyl groups excluding tert-OH is 4. The second kappa shape index (κ2) is 32.7. The molecule has 4 aromatic carbocycles. The van der Waals surface area contributed by atoms with E-state index in [0.717, 1.165) is 0 Å². The molecular weight excluding hydrogens is 1120 g/mol. The van der Waals surface area contributed by atoms with Crippen LogP contribution in [0.3, 0.4) is 0 Å². The van der Waals surface area contributed by atoms with Crippen molar-refractivity contribution in [3.05, 3.63) is 121 Å². The zero-order chi connectivity index (χ0) is 49.6. The first-order valence-electron chi connectivity index (χ1n) is 16.1. The van der Waals surface area contributed by atoms with Gasteiger partial charge in [0.05, 0.1) is 0 Å². The van der Waals surface area contributed by atoms with Crippen molar-refractivity contribution < 1.29 is 258 Å². The molecule has 0 amide bonds. The fraction of sp³-hybridized carbons (Fsp3) is 0.143. The number of hydrogen-bond acceptors (Lipinski definition) is 16. The molecule has 0 saturated heterocycles. The van der Waals surface area contributed by atoms with Crippen LogP contribution in [-0.2, 0) is 36.5 Å². The first-order chi connectivity index (χ1) is 28.9. The Morgan fingerprint density at radius 1 is 0.279 bits per heavy atom. The topological polar surface area (TPSA) is 497 Å². The summed E-state index contributed by atoms with van der Waals surface area (Å²) in [5, 5.41) is 35.9. The number of aliphatic hydroxyl groups is 4. The number of rotatable bonds is 16. The average Bonchev–Trinajstić information content (AvgIpc) is 3.17. The van der Waals surface area contributed by atoms with Gasteiger partial charge in [-0.05, 0) is 48.5 Å². The van der Waals surface area contributed by atoms with Gasteiger partial charge in [-0.3, -0.25) is 18.3 Å². The Hall–Kier alpha value is 1.28. The Morgan fingerprint density at radius 3 is 0.500 bits per heavy atom. The van der Waals surface area contributed by atoms with Crippen molar-refractivity contribution in [2.75, 3.05) is 0 Å². The van der Waals surface area contributed by atoms with E-state index in [9.17, 15) is 36.5 Å². The first-order valence-corrected chi connectivity index (χ1v) is 29.5. The van der Waals surface area contributed by atoms with Crippen molar-refractivity contribution in [2.45, 2.75) is 22.3 Å². The second-order valence-electron chi connectivity index (χ2n) is 11.6. The Labute approximate surface area is 480 Å². The van der Waals surface area contributed by atoms with Crippen LogP contribution in [-0.4, -0.2) is 101 Å². The van der Waals surface area contributed by atoms with Gasteiger partial charge in [0, 0.05) is 0 Å². The van der Waals surface area contributed by atoms with Gasteiger partial charge < -0.3 is 103 Å². The molecule has 16 N–H and O–H groups in total. The van der Waals surface area contributed by atoms with Crippen LogP contribution in [0.1, 0.15) is 5.71 Å². The first kappa shape index (κ1) is 75.8. The molecule has 4 rings (SSSR count). The molecule has 0 aliphatic carbocycles. The van der Waals surface area contributed by atoms with Crippen molar-refractivity contribution in [1.82, 2.24) is 0 Å². The molecule has 8 atom stereocenters. The van der Waals surface area contributed by atoms with Crippen molar-refractivity contribution in [3.8, 4) is 23.0 Å². The molecule has 0 bridgehead atoms. The third-order valence-corrected chi connectivity index (χ3v) is 20.0. The molecule has 8 unspecified atom stereocenters. The van der Waals surface area contributed by atoms with Gasteiger partial charge in [0.2, 0.25) is 0 Å². The van der Waals surface area contributed by atoms with Gasteiger partial charge in [0.15, 0.2) is 0 Å². The molecule has 0 radical (unpaired) electrons. The summed E-state index contributed by atoms with van der Waals surface area (Å²) >= 11 is 0. The van der Waals surface area contributed by atoms with Crippen LogP contribution >= 0.6 is 60.8 Å². The summed E-state index contributed by atoms with van der Waals surface area (Å²) in [4.78, 5) is 105. The summed E-state index contributed by atoms with van der Waals surface area (Å²) in [5.41, 5.74) is -11.0. The molecule has 0 spiro atoms. The van der Waals surface area contributed by atoms with E-state index in [1.807, 2.05) is 0 Å². The fourth-order valence-electron chi connectivity index (χ4n) is 3.48. The molecule has 0 aliphatic heterocycles. The van der Waals surface area contributed by atoms with Crippen LogP contribution in [0.25, 0.3) is 0 Å². The van der Waals surface area contributed by atoms with Crippen molar-refractivity contribution in [3.63, 3.8) is 0 Å². The van der Waals surface area contributed by atoms with Gasteiger partial charge in [0.25, 0.3) is 22.3 Å². The number of benzene rings is 4. The summed E-state index contributed by atoms with van der Waals surface area (Å²) in [6.45, 7) is 0. The average molecular weight is 1170 g/mol. The van der Waals surface area contributed by atoms with Gasteiger partial charge >= 0.3 is 179 Å². The molecule has 0 heterocycles. The Balaban J connectivity index is -0.000000122. The van der Waals surface area contributed by atoms with Gasteiger partial charge in [-0.2, -0.15) is 0 Å². The number of para-hydroxylation sites is 4. The largest absolute Gasteiger partial charge is 1.00 e. The standard InChI is InChI=1S/4C7H10O7P2.4Na.4H/c4*8-7(15(9,10)11)16(12,13)14-6-4-2-1-3-5-6;;;;;;;;/h4*1-5,7-8H,(H,12,13)(H2,9,10,11);;;;;;;;/q;;;;4*+1;4*-1. The Morgan fingerprint density at radius 2 is 0.397 bits per heavy atom. The van der Waals surface area contributed by atoms with Crippen molar-refractivity contribution in [2.24, 2.45) is 0 Å². The summed E-state index contributed by atoms with van der Waals surface area (Å²) in [6, 6.07) is 29.0. The normalized spacial score (nSPS) is 16.5. The monoisotopic (exact) mass is 1170 g/mol. The zero-order valence-corrected chi connectivity index (χ0v) is 50.6. The minimum absolute atomic E-state index is 0. The molecule has 0 aromatic heterocycles. The molecule has 0 aliphatic rings. The smallest absolute Gasteiger partial charge is 1.00 e. The van der Waals surface area contributed by atoms with E-state index in [-0.39, 0.29) is 147 Å². The molecule has 68 heavy (non-hydrogen) atoms. The van der Waals surface area contributed by atoms with Crippen LogP contribution in [0.15, 0.2) is 121 Å².